The molecule has 0 N–H and O–H groups in total. The van der Waals surface area contributed by atoms with E-state index in [-0.39, 0.29) is 0 Å². The smallest absolute Gasteiger partial charge is 0.164 e. The molecule has 262 valence electrons. The van der Waals surface area contributed by atoms with E-state index in [9.17, 15) is 0 Å². The molecule has 0 aliphatic carbocycles. The number of benzene rings is 7. The third-order valence-electron chi connectivity index (χ3n) is 10.2. The minimum Gasteiger partial charge on any atom is -0.246 e. The van der Waals surface area contributed by atoms with Gasteiger partial charge in [-0.25, -0.2) is 24.9 Å². The van der Waals surface area contributed by atoms with E-state index >= 15 is 0 Å². The second-order valence-electron chi connectivity index (χ2n) is 13.7. The summed E-state index contributed by atoms with van der Waals surface area (Å²) in [5.41, 5.74) is 11.9. The van der Waals surface area contributed by atoms with Crippen LogP contribution in [0, 0.1) is 0 Å². The van der Waals surface area contributed by atoms with Gasteiger partial charge in [-0.2, -0.15) is 0 Å². The highest BCUT2D eigenvalue weighted by Gasteiger charge is 2.15. The van der Waals surface area contributed by atoms with Gasteiger partial charge >= 0.3 is 0 Å². The second kappa shape index (κ2) is 14.3. The second-order valence-corrected chi connectivity index (χ2v) is 13.7. The zero-order valence-electron chi connectivity index (χ0n) is 30.3. The van der Waals surface area contributed by atoms with Crippen molar-refractivity contribution in [2.75, 3.05) is 0 Å². The summed E-state index contributed by atoms with van der Waals surface area (Å²) in [7, 11) is 0. The monoisotopic (exact) mass is 715 g/mol. The fourth-order valence-corrected chi connectivity index (χ4v) is 7.29. The minimum atomic E-state index is 0.622. The van der Waals surface area contributed by atoms with Crippen molar-refractivity contribution in [2.24, 2.45) is 0 Å². The molecule has 0 bridgehead atoms. The number of hydrogen-bond donors (Lipinski definition) is 0. The van der Waals surface area contributed by atoms with Crippen LogP contribution in [0.5, 0.6) is 0 Å². The van der Waals surface area contributed by atoms with Crippen LogP contribution in [-0.2, 0) is 0 Å². The molecule has 3 aromatic heterocycles. The summed E-state index contributed by atoms with van der Waals surface area (Å²) in [5.74, 6) is 1.89. The maximum absolute atomic E-state index is 5.16. The average Bonchev–Trinajstić information content (AvgIpc) is 3.29. The van der Waals surface area contributed by atoms with E-state index in [0.29, 0.717) is 17.5 Å². The van der Waals surface area contributed by atoms with E-state index in [2.05, 4.69) is 152 Å². The van der Waals surface area contributed by atoms with Crippen LogP contribution in [0.3, 0.4) is 0 Å². The Kier molecular flexibility index (Phi) is 8.43. The van der Waals surface area contributed by atoms with Crippen LogP contribution in [0.15, 0.2) is 200 Å². The quantitative estimate of drug-likeness (QED) is 0.154. The molecule has 0 saturated carbocycles. The molecule has 3 heterocycles. The lowest BCUT2D eigenvalue weighted by Crippen LogP contribution is -2.00. The summed E-state index contributed by atoms with van der Waals surface area (Å²) < 4.78 is 0. The SMILES string of the molecule is c1ccc(-c2ccc(-c3nc(-c4ccccc4)nc(-c4ccc(-c5cccc(-c6cccc(-c7nc8ccccc8c8ccccc78)n6)c5)cc4)n3)cc2)cc1. The lowest BCUT2D eigenvalue weighted by Gasteiger charge is -2.11. The van der Waals surface area contributed by atoms with E-state index in [4.69, 9.17) is 24.9 Å². The van der Waals surface area contributed by atoms with Gasteiger partial charge in [0.15, 0.2) is 17.5 Å². The maximum atomic E-state index is 5.16. The molecule has 0 unspecified atom stereocenters. The van der Waals surface area contributed by atoms with Crippen molar-refractivity contribution >= 4 is 21.7 Å². The van der Waals surface area contributed by atoms with Gasteiger partial charge < -0.3 is 0 Å². The summed E-state index contributed by atoms with van der Waals surface area (Å²) in [5, 5.41) is 3.41. The molecule has 56 heavy (non-hydrogen) atoms. The summed E-state index contributed by atoms with van der Waals surface area (Å²) in [6.45, 7) is 0. The van der Waals surface area contributed by atoms with E-state index < -0.39 is 0 Å². The van der Waals surface area contributed by atoms with E-state index in [1.807, 2.05) is 48.5 Å². The van der Waals surface area contributed by atoms with Gasteiger partial charge in [0, 0.05) is 33.0 Å². The van der Waals surface area contributed by atoms with Gasteiger partial charge in [-0.05, 0) is 51.9 Å². The first-order valence-corrected chi connectivity index (χ1v) is 18.7. The van der Waals surface area contributed by atoms with Crippen molar-refractivity contribution < 1.29 is 0 Å². The molecule has 10 aromatic rings. The van der Waals surface area contributed by atoms with Crippen molar-refractivity contribution in [1.82, 2.24) is 24.9 Å². The number of hydrogen-bond acceptors (Lipinski definition) is 5. The molecule has 10 rings (SSSR count). The van der Waals surface area contributed by atoms with Crippen molar-refractivity contribution in [3.8, 4) is 79.1 Å². The fourth-order valence-electron chi connectivity index (χ4n) is 7.29. The number of fused-ring (bicyclic) bond motifs is 3. The molecule has 0 radical (unpaired) electrons. The van der Waals surface area contributed by atoms with Crippen LogP contribution in [0.4, 0.5) is 0 Å². The highest BCUT2D eigenvalue weighted by Crippen LogP contribution is 2.34. The maximum Gasteiger partial charge on any atom is 0.164 e. The zero-order valence-corrected chi connectivity index (χ0v) is 30.3. The first kappa shape index (κ1) is 33.0. The van der Waals surface area contributed by atoms with E-state index in [1.165, 1.54) is 10.9 Å². The molecule has 5 nitrogen and oxygen atoms in total. The third kappa shape index (κ3) is 6.37. The molecule has 0 aliphatic rings. The molecule has 0 amide bonds. The third-order valence-corrected chi connectivity index (χ3v) is 10.2. The number of aromatic nitrogens is 5. The van der Waals surface area contributed by atoms with Crippen LogP contribution < -0.4 is 0 Å². The molecular formula is C51H33N5. The lowest BCUT2D eigenvalue weighted by molar-refractivity contribution is 1.07. The summed E-state index contributed by atoms with van der Waals surface area (Å²) in [6.07, 6.45) is 0. The van der Waals surface area contributed by atoms with Gasteiger partial charge in [-0.3, -0.25) is 0 Å². The molecule has 0 aliphatic heterocycles. The van der Waals surface area contributed by atoms with Crippen molar-refractivity contribution in [3.05, 3.63) is 200 Å². The molecule has 5 heteroatoms. The first-order valence-electron chi connectivity index (χ1n) is 18.7. The lowest BCUT2D eigenvalue weighted by atomic mass is 9.99. The molecule has 0 atom stereocenters. The number of rotatable bonds is 7. The van der Waals surface area contributed by atoms with Crippen LogP contribution >= 0.6 is 0 Å². The van der Waals surface area contributed by atoms with Crippen molar-refractivity contribution in [2.45, 2.75) is 0 Å². The van der Waals surface area contributed by atoms with Crippen molar-refractivity contribution in [3.63, 3.8) is 0 Å². The molecule has 0 fully saturated rings. The van der Waals surface area contributed by atoms with Crippen LogP contribution in [0.25, 0.3) is 101 Å². The Hall–Kier alpha value is -7.63. The summed E-state index contributed by atoms with van der Waals surface area (Å²) in [4.78, 5) is 25.1. The highest BCUT2D eigenvalue weighted by molar-refractivity contribution is 6.10. The Morgan fingerprint density at radius 2 is 0.661 bits per heavy atom. The Bertz CT molecular complexity index is 3000. The Balaban J connectivity index is 0.975. The normalized spacial score (nSPS) is 11.2. The Labute approximate surface area is 324 Å². The van der Waals surface area contributed by atoms with Crippen LogP contribution in [0.1, 0.15) is 0 Å². The Morgan fingerprint density at radius 1 is 0.232 bits per heavy atom. The minimum absolute atomic E-state index is 0.622. The molecule has 7 aromatic carbocycles. The zero-order chi connectivity index (χ0) is 37.3. The average molecular weight is 716 g/mol. The van der Waals surface area contributed by atoms with Crippen LogP contribution in [-0.4, -0.2) is 24.9 Å². The topological polar surface area (TPSA) is 64.5 Å². The van der Waals surface area contributed by atoms with Gasteiger partial charge in [0.1, 0.15) is 0 Å². The van der Waals surface area contributed by atoms with Crippen molar-refractivity contribution in [1.29, 1.82) is 0 Å². The molecule has 0 saturated heterocycles. The molecular weight excluding hydrogens is 683 g/mol. The summed E-state index contributed by atoms with van der Waals surface area (Å²) >= 11 is 0. The standard InChI is InChI=1S/C51H33N5/c1-3-13-34(14-4-1)35-25-29-38(30-26-35)50-54-49(37-15-5-2-6-16-37)55-51(56-50)39-31-27-36(28-32-39)40-17-11-18-41(33-40)45-23-12-24-47(52-45)48-44-21-8-7-19-42(44)43-20-9-10-22-46(43)53-48/h1-33H. The number of nitrogens with zero attached hydrogens (tertiary/aromatic N) is 5. The van der Waals surface area contributed by atoms with E-state index in [1.54, 1.807) is 0 Å². The molecule has 0 spiro atoms. The fraction of sp³-hybridized carbons (Fsp3) is 0. The van der Waals surface area contributed by atoms with Gasteiger partial charge in [-0.1, -0.05) is 176 Å². The predicted octanol–water partition coefficient (Wildman–Crippen LogP) is 12.6. The van der Waals surface area contributed by atoms with Gasteiger partial charge in [-0.15, -0.1) is 0 Å². The predicted molar refractivity (Wildman–Crippen MR) is 228 cm³/mol. The Morgan fingerprint density at radius 3 is 1.32 bits per heavy atom. The number of para-hydroxylation sites is 1. The van der Waals surface area contributed by atoms with E-state index in [0.717, 1.165) is 72.3 Å². The van der Waals surface area contributed by atoms with Crippen LogP contribution in [0.2, 0.25) is 0 Å². The van der Waals surface area contributed by atoms with Gasteiger partial charge in [0.05, 0.1) is 22.6 Å². The number of pyridine rings is 2. The largest absolute Gasteiger partial charge is 0.246 e. The summed E-state index contributed by atoms with van der Waals surface area (Å²) in [6, 6.07) is 68.7. The van der Waals surface area contributed by atoms with Gasteiger partial charge in [0.2, 0.25) is 0 Å². The van der Waals surface area contributed by atoms with Gasteiger partial charge in [0.25, 0.3) is 0 Å². The highest BCUT2D eigenvalue weighted by atomic mass is 15.0. The first-order chi connectivity index (χ1) is 27.7.